The topological polar surface area (TPSA) is 99.9 Å². The zero-order valence-corrected chi connectivity index (χ0v) is 27.3. The van der Waals surface area contributed by atoms with E-state index >= 15 is 0 Å². The zero-order chi connectivity index (χ0) is 33.6. The number of fused-ring (bicyclic) bond motifs is 1. The summed E-state index contributed by atoms with van der Waals surface area (Å²) in [4.78, 5) is 31.3. The van der Waals surface area contributed by atoms with Gasteiger partial charge >= 0.3 is 5.97 Å². The summed E-state index contributed by atoms with van der Waals surface area (Å²) in [5.41, 5.74) is 5.15. The average Bonchev–Trinajstić information content (AvgIpc) is 3.06. The van der Waals surface area contributed by atoms with Crippen LogP contribution in [0.2, 0.25) is 0 Å². The summed E-state index contributed by atoms with van der Waals surface area (Å²) in [6, 6.07) is 28.3. The normalized spacial score (nSPS) is 13.3. The first-order chi connectivity index (χ1) is 23.1. The molecule has 8 heteroatoms. The van der Waals surface area contributed by atoms with E-state index in [1.165, 1.54) is 0 Å². The molecule has 0 radical (unpaired) electrons. The lowest BCUT2D eigenvalue weighted by molar-refractivity contribution is -0.160. The van der Waals surface area contributed by atoms with Crippen molar-refractivity contribution in [1.82, 2.24) is 9.55 Å². The van der Waals surface area contributed by atoms with Gasteiger partial charge in [0.25, 0.3) is 5.56 Å². The van der Waals surface area contributed by atoms with Crippen LogP contribution in [0.1, 0.15) is 49.1 Å². The van der Waals surface area contributed by atoms with E-state index in [1.807, 2.05) is 107 Å². The second kappa shape index (κ2) is 12.3. The van der Waals surface area contributed by atoms with Crippen molar-refractivity contribution in [2.75, 3.05) is 6.61 Å². The van der Waals surface area contributed by atoms with Crippen LogP contribution in [-0.2, 0) is 22.5 Å². The SMILES string of the molecule is Cc1cc2c(ccc(=O)n2Cc2ccc(Oc3ccccc3)cc2)c(-c2ccc3c4c(ccnc24)CCO3)c1[C@H](OC(C)(C)C)C(=O)O. The fourth-order valence-corrected chi connectivity index (χ4v) is 6.54. The lowest BCUT2D eigenvalue weighted by atomic mass is 9.86. The van der Waals surface area contributed by atoms with Gasteiger partial charge in [0, 0.05) is 40.6 Å². The molecule has 1 aliphatic rings. The van der Waals surface area contributed by atoms with Gasteiger partial charge in [-0.3, -0.25) is 9.78 Å². The first-order valence-electron chi connectivity index (χ1n) is 16.0. The number of aromatic nitrogens is 2. The van der Waals surface area contributed by atoms with Gasteiger partial charge in [-0.25, -0.2) is 4.79 Å². The van der Waals surface area contributed by atoms with Crippen molar-refractivity contribution >= 4 is 27.8 Å². The van der Waals surface area contributed by atoms with E-state index in [0.29, 0.717) is 46.6 Å². The monoisotopic (exact) mass is 640 g/mol. The maximum absolute atomic E-state index is 13.6. The summed E-state index contributed by atoms with van der Waals surface area (Å²) in [5, 5.41) is 12.2. The van der Waals surface area contributed by atoms with E-state index in [-0.39, 0.29) is 5.56 Å². The standard InChI is InChI=1S/C40H36N2O6/c1-24-22-31-29(15-17-33(43)42(31)23-25-10-12-28(13-11-25)47-27-8-6-5-7-9-27)36(34(24)38(39(44)45)48-40(2,3)4)30-14-16-32-35-26(19-21-46-32)18-20-41-37(30)35/h5-18,20,22,38H,19,21,23H2,1-4H3,(H,44,45)/t38-/m0/s1. The van der Waals surface area contributed by atoms with E-state index in [9.17, 15) is 14.7 Å². The van der Waals surface area contributed by atoms with Crippen molar-refractivity contribution in [3.8, 4) is 28.4 Å². The fourth-order valence-electron chi connectivity index (χ4n) is 6.54. The lowest BCUT2D eigenvalue weighted by Gasteiger charge is -2.29. The molecule has 6 aromatic rings. The molecular weight excluding hydrogens is 604 g/mol. The van der Waals surface area contributed by atoms with Crippen molar-refractivity contribution < 1.29 is 24.1 Å². The highest BCUT2D eigenvalue weighted by molar-refractivity contribution is 6.08. The molecular formula is C40H36N2O6. The summed E-state index contributed by atoms with van der Waals surface area (Å²) in [7, 11) is 0. The molecule has 0 aliphatic carbocycles. The van der Waals surface area contributed by atoms with Crippen molar-refractivity contribution in [2.24, 2.45) is 0 Å². The predicted octanol–water partition coefficient (Wildman–Crippen LogP) is 8.24. The number of carboxylic acid groups (broad SMARTS) is 1. The molecule has 7 rings (SSSR count). The highest BCUT2D eigenvalue weighted by Gasteiger charge is 2.33. The largest absolute Gasteiger partial charge is 0.493 e. The first kappa shape index (κ1) is 31.1. The Morgan fingerprint density at radius 3 is 2.46 bits per heavy atom. The van der Waals surface area contributed by atoms with Crippen LogP contribution in [0.4, 0.5) is 0 Å². The molecule has 0 fully saturated rings. The molecule has 0 saturated heterocycles. The Morgan fingerprint density at radius 2 is 1.73 bits per heavy atom. The Hall–Kier alpha value is -5.47. The molecule has 1 aliphatic heterocycles. The summed E-state index contributed by atoms with van der Waals surface area (Å²) in [5.74, 6) is 1.08. The van der Waals surface area contributed by atoms with Gasteiger partial charge in [0.2, 0.25) is 0 Å². The number of carbonyl (C=O) groups is 1. The number of benzene rings is 4. The number of nitrogens with zero attached hydrogens (tertiary/aromatic N) is 2. The third-order valence-corrected chi connectivity index (χ3v) is 8.58. The number of ether oxygens (including phenoxy) is 3. The van der Waals surface area contributed by atoms with Crippen LogP contribution >= 0.6 is 0 Å². The van der Waals surface area contributed by atoms with Crippen LogP contribution in [0.25, 0.3) is 32.9 Å². The van der Waals surface area contributed by atoms with Crippen molar-refractivity contribution in [3.63, 3.8) is 0 Å². The number of hydrogen-bond acceptors (Lipinski definition) is 6. The summed E-state index contributed by atoms with van der Waals surface area (Å²) in [6.45, 7) is 8.28. The maximum Gasteiger partial charge on any atom is 0.337 e. The molecule has 0 amide bonds. The first-order valence-corrected chi connectivity index (χ1v) is 16.0. The summed E-state index contributed by atoms with van der Waals surface area (Å²) < 4.78 is 20.0. The van der Waals surface area contributed by atoms with Crippen LogP contribution in [0, 0.1) is 6.92 Å². The number of hydrogen-bond donors (Lipinski definition) is 1. The molecule has 3 heterocycles. The van der Waals surface area contributed by atoms with Crippen LogP contribution in [0.15, 0.2) is 102 Å². The number of rotatable bonds is 8. The van der Waals surface area contributed by atoms with Gasteiger partial charge in [0.1, 0.15) is 17.2 Å². The second-order valence-electron chi connectivity index (χ2n) is 13.1. The molecule has 8 nitrogen and oxygen atoms in total. The minimum atomic E-state index is -1.27. The minimum Gasteiger partial charge on any atom is -0.493 e. The lowest BCUT2D eigenvalue weighted by Crippen LogP contribution is -2.28. The minimum absolute atomic E-state index is 0.172. The van der Waals surface area contributed by atoms with E-state index in [0.717, 1.165) is 45.4 Å². The number of aryl methyl sites for hydroxylation is 1. The van der Waals surface area contributed by atoms with E-state index in [1.54, 1.807) is 22.9 Å². The quantitative estimate of drug-likeness (QED) is 0.179. The third-order valence-electron chi connectivity index (χ3n) is 8.58. The third kappa shape index (κ3) is 5.91. The zero-order valence-electron chi connectivity index (χ0n) is 27.3. The van der Waals surface area contributed by atoms with Crippen LogP contribution < -0.4 is 15.0 Å². The summed E-state index contributed by atoms with van der Waals surface area (Å²) in [6.07, 6.45) is 1.26. The molecule has 4 aromatic carbocycles. The molecule has 48 heavy (non-hydrogen) atoms. The maximum atomic E-state index is 13.6. The number of para-hydroxylation sites is 1. The van der Waals surface area contributed by atoms with E-state index < -0.39 is 17.7 Å². The van der Waals surface area contributed by atoms with Crippen molar-refractivity contribution in [1.29, 1.82) is 0 Å². The van der Waals surface area contributed by atoms with Gasteiger partial charge in [-0.1, -0.05) is 30.3 Å². The molecule has 0 saturated carbocycles. The number of carboxylic acids is 1. The Balaban J connectivity index is 1.43. The van der Waals surface area contributed by atoms with Gasteiger partial charge in [-0.05, 0) is 105 Å². The highest BCUT2D eigenvalue weighted by Crippen LogP contribution is 2.45. The van der Waals surface area contributed by atoms with Gasteiger partial charge in [-0.2, -0.15) is 0 Å². The Morgan fingerprint density at radius 1 is 0.979 bits per heavy atom. The summed E-state index contributed by atoms with van der Waals surface area (Å²) >= 11 is 0. The van der Waals surface area contributed by atoms with Crippen LogP contribution in [0.3, 0.4) is 0 Å². The Labute approximate surface area is 278 Å². The van der Waals surface area contributed by atoms with Crippen LogP contribution in [-0.4, -0.2) is 32.8 Å². The molecule has 1 N–H and O–H groups in total. The molecule has 0 unspecified atom stereocenters. The van der Waals surface area contributed by atoms with Gasteiger partial charge < -0.3 is 23.9 Å². The van der Waals surface area contributed by atoms with Crippen LogP contribution in [0.5, 0.6) is 17.2 Å². The van der Waals surface area contributed by atoms with Crippen molar-refractivity contribution in [3.05, 3.63) is 130 Å². The number of aliphatic carboxylic acids is 1. The van der Waals surface area contributed by atoms with Crippen molar-refractivity contribution in [2.45, 2.75) is 52.4 Å². The number of pyridine rings is 2. The average molecular weight is 641 g/mol. The van der Waals surface area contributed by atoms with Gasteiger partial charge in [0.15, 0.2) is 6.10 Å². The molecule has 1 atom stereocenters. The smallest absolute Gasteiger partial charge is 0.337 e. The molecule has 242 valence electrons. The molecule has 2 aromatic heterocycles. The molecule has 0 spiro atoms. The second-order valence-corrected chi connectivity index (χ2v) is 13.1. The van der Waals surface area contributed by atoms with E-state index in [4.69, 9.17) is 19.2 Å². The highest BCUT2D eigenvalue weighted by atomic mass is 16.5. The Kier molecular flexibility index (Phi) is 7.97. The predicted molar refractivity (Wildman–Crippen MR) is 186 cm³/mol. The Bertz CT molecular complexity index is 2220. The van der Waals surface area contributed by atoms with Gasteiger partial charge in [0.05, 0.1) is 29.8 Å². The fraction of sp³-hybridized carbons (Fsp3) is 0.225. The van der Waals surface area contributed by atoms with Gasteiger partial charge in [-0.15, -0.1) is 0 Å². The molecule has 0 bridgehead atoms. The van der Waals surface area contributed by atoms with E-state index in [2.05, 4.69) is 0 Å².